The molecule has 1 fully saturated rings. The number of halogens is 1. The van der Waals surface area contributed by atoms with Crippen molar-refractivity contribution in [3.63, 3.8) is 0 Å². The molecular weight excluding hydrogens is 393 g/mol. The summed E-state index contributed by atoms with van der Waals surface area (Å²) in [6.07, 6.45) is 3.91. The van der Waals surface area contributed by atoms with Crippen LogP contribution in [0.3, 0.4) is 0 Å². The van der Waals surface area contributed by atoms with E-state index in [1.807, 2.05) is 24.3 Å². The average Bonchev–Trinajstić information content (AvgIpc) is 2.73. The maximum absolute atomic E-state index is 13.0. The predicted molar refractivity (Wildman–Crippen MR) is 112 cm³/mol. The van der Waals surface area contributed by atoms with Crippen LogP contribution in [0.25, 0.3) is 0 Å². The first-order valence-corrected chi connectivity index (χ1v) is 11.3. The topological polar surface area (TPSA) is 78.5 Å². The van der Waals surface area contributed by atoms with Crippen molar-refractivity contribution in [2.24, 2.45) is 0 Å². The number of sulfonamides is 1. The monoisotopic (exact) mass is 419 g/mol. The van der Waals surface area contributed by atoms with Gasteiger partial charge in [0, 0.05) is 24.5 Å². The van der Waals surface area contributed by atoms with Gasteiger partial charge in [0.2, 0.25) is 15.9 Å². The summed E-state index contributed by atoms with van der Waals surface area (Å²) >= 11 is 0. The van der Waals surface area contributed by atoms with Gasteiger partial charge in [-0.05, 0) is 74.2 Å². The predicted octanol–water partition coefficient (Wildman–Crippen LogP) is 3.51. The first-order chi connectivity index (χ1) is 13.9. The second kappa shape index (κ2) is 9.37. The highest BCUT2D eigenvalue weighted by atomic mass is 32.2. The second-order valence-corrected chi connectivity index (χ2v) is 8.83. The van der Waals surface area contributed by atoms with E-state index in [9.17, 15) is 17.6 Å². The number of hydrogen-bond acceptors (Lipinski definition) is 4. The minimum atomic E-state index is -3.93. The highest BCUT2D eigenvalue weighted by Crippen LogP contribution is 2.22. The molecule has 0 spiro atoms. The molecule has 2 aromatic rings. The van der Waals surface area contributed by atoms with Gasteiger partial charge in [-0.3, -0.25) is 4.79 Å². The number of carbonyl (C=O) groups excluding carboxylic acids is 1. The van der Waals surface area contributed by atoms with Crippen LogP contribution in [0.1, 0.15) is 32.6 Å². The van der Waals surface area contributed by atoms with E-state index in [2.05, 4.69) is 14.9 Å². The molecule has 1 saturated heterocycles. The van der Waals surface area contributed by atoms with Gasteiger partial charge in [0.1, 0.15) is 11.9 Å². The van der Waals surface area contributed by atoms with Crippen molar-refractivity contribution < 1.29 is 17.6 Å². The minimum absolute atomic E-state index is 0.0870. The van der Waals surface area contributed by atoms with E-state index < -0.39 is 27.8 Å². The van der Waals surface area contributed by atoms with E-state index in [-0.39, 0.29) is 11.3 Å². The van der Waals surface area contributed by atoms with E-state index >= 15 is 0 Å². The van der Waals surface area contributed by atoms with Gasteiger partial charge in [-0.2, -0.15) is 4.72 Å². The molecule has 1 atom stereocenters. The Kier molecular flexibility index (Phi) is 6.87. The van der Waals surface area contributed by atoms with E-state index in [1.165, 1.54) is 31.4 Å². The second-order valence-electron chi connectivity index (χ2n) is 7.12. The van der Waals surface area contributed by atoms with Crippen LogP contribution in [0.2, 0.25) is 0 Å². The fourth-order valence-corrected chi connectivity index (χ4v) is 4.61. The van der Waals surface area contributed by atoms with Crippen LogP contribution < -0.4 is 14.9 Å². The van der Waals surface area contributed by atoms with Gasteiger partial charge in [-0.25, -0.2) is 12.8 Å². The van der Waals surface area contributed by atoms with Gasteiger partial charge in [0.05, 0.1) is 4.90 Å². The first kappa shape index (κ1) is 21.3. The molecular formula is C21H26FN3O3S. The smallest absolute Gasteiger partial charge is 0.242 e. The highest BCUT2D eigenvalue weighted by molar-refractivity contribution is 7.89. The summed E-state index contributed by atoms with van der Waals surface area (Å²) in [7, 11) is -3.93. The zero-order chi connectivity index (χ0) is 20.9. The van der Waals surface area contributed by atoms with Crippen LogP contribution in [-0.2, 0) is 14.8 Å². The fraction of sp³-hybridized carbons (Fsp3) is 0.381. The Morgan fingerprint density at radius 2 is 1.66 bits per heavy atom. The molecule has 1 heterocycles. The lowest BCUT2D eigenvalue weighted by atomic mass is 10.1. The molecule has 0 saturated carbocycles. The maximum Gasteiger partial charge on any atom is 0.242 e. The zero-order valence-corrected chi connectivity index (χ0v) is 17.2. The number of nitrogens with one attached hydrogen (secondary N) is 2. The molecule has 2 N–H and O–H groups in total. The zero-order valence-electron chi connectivity index (χ0n) is 16.4. The van der Waals surface area contributed by atoms with Gasteiger partial charge in [-0.15, -0.1) is 0 Å². The maximum atomic E-state index is 13.0. The Morgan fingerprint density at radius 3 is 2.24 bits per heavy atom. The Balaban J connectivity index is 1.64. The van der Waals surface area contributed by atoms with Gasteiger partial charge in [-0.1, -0.05) is 6.92 Å². The van der Waals surface area contributed by atoms with Crippen molar-refractivity contribution in [2.45, 2.75) is 43.5 Å². The van der Waals surface area contributed by atoms with E-state index in [1.54, 1.807) is 6.92 Å². The van der Waals surface area contributed by atoms with Crippen LogP contribution in [0.15, 0.2) is 53.4 Å². The molecule has 1 aliphatic rings. The summed E-state index contributed by atoms with van der Waals surface area (Å²) in [5.74, 6) is -0.967. The molecule has 0 radical (unpaired) electrons. The summed E-state index contributed by atoms with van der Waals surface area (Å²) in [5, 5.41) is 2.76. The van der Waals surface area contributed by atoms with Crippen molar-refractivity contribution in [3.05, 3.63) is 54.3 Å². The van der Waals surface area contributed by atoms with Crippen molar-refractivity contribution >= 4 is 27.3 Å². The van der Waals surface area contributed by atoms with Crippen molar-refractivity contribution in [1.29, 1.82) is 0 Å². The molecule has 0 aliphatic carbocycles. The Morgan fingerprint density at radius 1 is 1.03 bits per heavy atom. The van der Waals surface area contributed by atoms with E-state index in [0.717, 1.165) is 30.9 Å². The van der Waals surface area contributed by atoms with Gasteiger partial charge >= 0.3 is 0 Å². The molecule has 3 rings (SSSR count). The van der Waals surface area contributed by atoms with Crippen LogP contribution in [-0.4, -0.2) is 33.5 Å². The number of rotatable bonds is 7. The molecule has 156 valence electrons. The number of anilines is 2. The molecule has 6 nitrogen and oxygen atoms in total. The van der Waals surface area contributed by atoms with Crippen molar-refractivity contribution in [3.8, 4) is 0 Å². The fourth-order valence-electron chi connectivity index (χ4n) is 3.33. The number of piperidine rings is 1. The quantitative estimate of drug-likeness (QED) is 0.720. The first-order valence-electron chi connectivity index (χ1n) is 9.83. The number of benzene rings is 2. The third-order valence-electron chi connectivity index (χ3n) is 5.00. The van der Waals surface area contributed by atoms with Gasteiger partial charge < -0.3 is 10.2 Å². The highest BCUT2D eigenvalue weighted by Gasteiger charge is 2.24. The lowest BCUT2D eigenvalue weighted by molar-refractivity contribution is -0.117. The summed E-state index contributed by atoms with van der Waals surface area (Å²) in [5.41, 5.74) is 1.72. The molecule has 1 unspecified atom stereocenters. The molecule has 2 aromatic carbocycles. The summed E-state index contributed by atoms with van der Waals surface area (Å²) in [4.78, 5) is 14.8. The summed E-state index contributed by atoms with van der Waals surface area (Å²) in [6.45, 7) is 3.79. The lowest BCUT2D eigenvalue weighted by Gasteiger charge is -2.29. The molecule has 8 heteroatoms. The number of amides is 1. The summed E-state index contributed by atoms with van der Waals surface area (Å²) in [6, 6.07) is 11.1. The Labute approximate surface area is 171 Å². The van der Waals surface area contributed by atoms with Crippen LogP contribution >= 0.6 is 0 Å². The average molecular weight is 420 g/mol. The number of hydrogen-bond donors (Lipinski definition) is 2. The van der Waals surface area contributed by atoms with Crippen LogP contribution in [0.5, 0.6) is 0 Å². The van der Waals surface area contributed by atoms with E-state index in [4.69, 9.17) is 0 Å². The standard InChI is InChI=1S/C21H26FN3O3S/c1-2-20(24-29(27,28)19-12-6-16(22)7-13-19)21(26)23-17-8-10-18(11-9-17)25-14-4-3-5-15-25/h6-13,20,24H,2-5,14-15H2,1H3,(H,23,26). The largest absolute Gasteiger partial charge is 0.372 e. The third kappa shape index (κ3) is 5.55. The lowest BCUT2D eigenvalue weighted by Crippen LogP contribution is -2.43. The normalized spacial score (nSPS) is 15.7. The number of nitrogens with zero attached hydrogens (tertiary/aromatic N) is 1. The third-order valence-corrected chi connectivity index (χ3v) is 6.49. The molecule has 29 heavy (non-hydrogen) atoms. The Hall–Kier alpha value is -2.45. The SMILES string of the molecule is CCC(NS(=O)(=O)c1ccc(F)cc1)C(=O)Nc1ccc(N2CCCCC2)cc1. The van der Waals surface area contributed by atoms with Gasteiger partial charge in [0.15, 0.2) is 0 Å². The number of carbonyl (C=O) groups is 1. The van der Waals surface area contributed by atoms with Crippen LogP contribution in [0.4, 0.5) is 15.8 Å². The Bertz CT molecular complexity index is 925. The summed E-state index contributed by atoms with van der Waals surface area (Å²) < 4.78 is 40.4. The molecule has 0 aromatic heterocycles. The minimum Gasteiger partial charge on any atom is -0.372 e. The van der Waals surface area contributed by atoms with Crippen molar-refractivity contribution in [2.75, 3.05) is 23.3 Å². The molecule has 1 aliphatic heterocycles. The molecule has 0 bridgehead atoms. The van der Waals surface area contributed by atoms with E-state index in [0.29, 0.717) is 5.69 Å². The van der Waals surface area contributed by atoms with Crippen LogP contribution in [0, 0.1) is 5.82 Å². The van der Waals surface area contributed by atoms with Crippen molar-refractivity contribution in [1.82, 2.24) is 4.72 Å². The molecule has 1 amide bonds. The van der Waals surface area contributed by atoms with Gasteiger partial charge in [0.25, 0.3) is 0 Å².